The molecule has 5 nitrogen and oxygen atoms in total. The molecule has 0 bridgehead atoms. The lowest BCUT2D eigenvalue weighted by molar-refractivity contribution is -0.117. The summed E-state index contributed by atoms with van der Waals surface area (Å²) in [6.07, 6.45) is 5.34. The third kappa shape index (κ3) is 4.29. The number of aryl methyl sites for hydroxylation is 1. The van der Waals surface area contributed by atoms with Gasteiger partial charge in [0.25, 0.3) is 0 Å². The minimum Gasteiger partial charge on any atom is -0.369 e. The minimum atomic E-state index is -0.352. The van der Waals surface area contributed by atoms with Gasteiger partial charge in [-0.25, -0.2) is 0 Å². The zero-order valence-corrected chi connectivity index (χ0v) is 18.1. The zero-order chi connectivity index (χ0) is 19.8. The fraction of sp³-hybridized carbons (Fsp3) is 0.550. The van der Waals surface area contributed by atoms with Crippen molar-refractivity contribution in [3.05, 3.63) is 29.2 Å². The number of carbonyl (C=O) groups is 1. The van der Waals surface area contributed by atoms with E-state index in [4.69, 9.17) is 5.73 Å². The van der Waals surface area contributed by atoms with Crippen molar-refractivity contribution in [1.82, 2.24) is 14.8 Å². The predicted octanol–water partition coefficient (Wildman–Crippen LogP) is 4.31. The molecule has 1 aliphatic rings. The molecule has 3 rings (SSSR count). The zero-order valence-electron chi connectivity index (χ0n) is 16.5. The van der Waals surface area contributed by atoms with E-state index in [0.717, 1.165) is 23.5 Å². The number of fused-ring (bicyclic) bond motifs is 1. The lowest BCUT2D eigenvalue weighted by Gasteiger charge is -2.33. The van der Waals surface area contributed by atoms with Crippen molar-refractivity contribution in [3.63, 3.8) is 0 Å². The summed E-state index contributed by atoms with van der Waals surface area (Å²) in [5.74, 6) is 1.20. The molecule has 0 saturated carbocycles. The second kappa shape index (κ2) is 7.80. The third-order valence-corrected chi connectivity index (χ3v) is 7.57. The number of thioether (sulfide) groups is 1. The summed E-state index contributed by atoms with van der Waals surface area (Å²) in [6, 6.07) is 2.29. The van der Waals surface area contributed by atoms with Gasteiger partial charge in [-0.2, -0.15) is 0 Å². The molecule has 0 fully saturated rings. The summed E-state index contributed by atoms with van der Waals surface area (Å²) in [7, 11) is 0. The Labute approximate surface area is 169 Å². The largest absolute Gasteiger partial charge is 0.369 e. The average Bonchev–Trinajstić information content (AvgIpc) is 3.17. The number of hydrogen-bond donors (Lipinski definition) is 1. The first-order chi connectivity index (χ1) is 12.7. The Morgan fingerprint density at radius 2 is 2.26 bits per heavy atom. The maximum Gasteiger partial charge on any atom is 0.230 e. The highest BCUT2D eigenvalue weighted by molar-refractivity contribution is 8.00. The molecule has 0 aliphatic heterocycles. The van der Waals surface area contributed by atoms with Gasteiger partial charge in [0.1, 0.15) is 0 Å². The van der Waals surface area contributed by atoms with Gasteiger partial charge >= 0.3 is 0 Å². The van der Waals surface area contributed by atoms with Crippen molar-refractivity contribution in [1.29, 1.82) is 0 Å². The smallest absolute Gasteiger partial charge is 0.230 e. The first-order valence-corrected chi connectivity index (χ1v) is 11.0. The quantitative estimate of drug-likeness (QED) is 0.575. The molecular formula is C20H28N4OS2. The molecule has 27 heavy (non-hydrogen) atoms. The van der Waals surface area contributed by atoms with E-state index in [1.807, 2.05) is 22.0 Å². The highest BCUT2D eigenvalue weighted by Crippen LogP contribution is 2.42. The molecule has 2 N–H and O–H groups in total. The summed E-state index contributed by atoms with van der Waals surface area (Å²) in [4.78, 5) is 14.0. The van der Waals surface area contributed by atoms with Crippen LogP contribution in [0.3, 0.4) is 0 Å². The van der Waals surface area contributed by atoms with Crippen molar-refractivity contribution in [2.45, 2.75) is 63.9 Å². The van der Waals surface area contributed by atoms with Crippen LogP contribution in [0.4, 0.5) is 0 Å². The van der Waals surface area contributed by atoms with Gasteiger partial charge in [-0.05, 0) is 49.1 Å². The summed E-state index contributed by atoms with van der Waals surface area (Å²) in [5.41, 5.74) is 7.19. The molecular weight excluding hydrogens is 376 g/mol. The topological polar surface area (TPSA) is 73.8 Å². The number of hydrogen-bond acceptors (Lipinski definition) is 5. The molecule has 7 heteroatoms. The lowest BCUT2D eigenvalue weighted by atomic mass is 9.72. The van der Waals surface area contributed by atoms with Crippen molar-refractivity contribution < 1.29 is 4.79 Å². The molecule has 146 valence electrons. The van der Waals surface area contributed by atoms with Crippen molar-refractivity contribution >= 4 is 29.0 Å². The lowest BCUT2D eigenvalue weighted by Crippen LogP contribution is -2.26. The summed E-state index contributed by atoms with van der Waals surface area (Å²) < 4.78 is 2.02. The number of allylic oxidation sites excluding steroid dienone is 1. The number of carbonyl (C=O) groups excluding carboxylic acids is 1. The van der Waals surface area contributed by atoms with E-state index < -0.39 is 0 Å². The Morgan fingerprint density at radius 1 is 1.52 bits per heavy atom. The van der Waals surface area contributed by atoms with Crippen molar-refractivity contribution in [2.75, 3.05) is 0 Å². The number of thiophene rings is 1. The van der Waals surface area contributed by atoms with Crippen LogP contribution in [-0.2, 0) is 24.2 Å². The second-order valence-electron chi connectivity index (χ2n) is 8.23. The van der Waals surface area contributed by atoms with Gasteiger partial charge in [-0.15, -0.1) is 28.1 Å². The van der Waals surface area contributed by atoms with Gasteiger partial charge in [-0.1, -0.05) is 38.6 Å². The highest BCUT2D eigenvalue weighted by Gasteiger charge is 2.30. The molecule has 2 aromatic heterocycles. The number of nitrogens with zero attached hydrogens (tertiary/aromatic N) is 3. The van der Waals surface area contributed by atoms with Crippen LogP contribution in [-0.4, -0.2) is 25.9 Å². The van der Waals surface area contributed by atoms with Crippen molar-refractivity contribution in [2.24, 2.45) is 17.1 Å². The molecule has 1 aliphatic carbocycles. The Bertz CT molecular complexity index is 847. The summed E-state index contributed by atoms with van der Waals surface area (Å²) in [5, 5.41) is 9.10. The van der Waals surface area contributed by atoms with Crippen molar-refractivity contribution in [3.8, 4) is 10.7 Å². The van der Waals surface area contributed by atoms with Crippen LogP contribution in [0, 0.1) is 11.3 Å². The van der Waals surface area contributed by atoms with Crippen LogP contribution < -0.4 is 5.73 Å². The Kier molecular flexibility index (Phi) is 5.82. The third-order valence-electron chi connectivity index (χ3n) is 5.24. The van der Waals surface area contributed by atoms with Gasteiger partial charge in [0.2, 0.25) is 5.91 Å². The maximum absolute atomic E-state index is 11.4. The van der Waals surface area contributed by atoms with E-state index in [1.165, 1.54) is 28.6 Å². The molecule has 2 unspecified atom stereocenters. The molecule has 1 amide bonds. The Hall–Kier alpha value is -1.60. The summed E-state index contributed by atoms with van der Waals surface area (Å²) >= 11 is 3.17. The van der Waals surface area contributed by atoms with Gasteiger partial charge in [0.15, 0.2) is 11.0 Å². The predicted molar refractivity (Wildman–Crippen MR) is 113 cm³/mol. The van der Waals surface area contributed by atoms with E-state index in [0.29, 0.717) is 23.0 Å². The SMILES string of the molecule is C=CCn1c(SC(C)C(N)=O)nnc1-c1cc2c(s1)CCC(C(C)(C)C)C2. The van der Waals surface area contributed by atoms with Crippen LogP contribution >= 0.6 is 23.1 Å². The van der Waals surface area contributed by atoms with Crippen LogP contribution in [0.2, 0.25) is 0 Å². The van der Waals surface area contributed by atoms with Gasteiger partial charge in [-0.3, -0.25) is 9.36 Å². The number of rotatable bonds is 6. The molecule has 0 aromatic carbocycles. The van der Waals surface area contributed by atoms with E-state index in [-0.39, 0.29) is 11.2 Å². The fourth-order valence-corrected chi connectivity index (χ4v) is 5.45. The maximum atomic E-state index is 11.4. The normalized spacial score (nSPS) is 18.1. The first-order valence-electron chi connectivity index (χ1n) is 9.32. The van der Waals surface area contributed by atoms with E-state index in [9.17, 15) is 4.79 Å². The van der Waals surface area contributed by atoms with E-state index in [1.54, 1.807) is 6.92 Å². The molecule has 0 spiro atoms. The second-order valence-corrected chi connectivity index (χ2v) is 10.7. The highest BCUT2D eigenvalue weighted by atomic mass is 32.2. The Morgan fingerprint density at radius 3 is 2.89 bits per heavy atom. The number of nitrogens with two attached hydrogens (primary N) is 1. The standard InChI is InChI=1S/C20H28N4OS2/c1-6-9-24-18(22-23-19(24)26-12(2)17(21)25)16-11-13-10-14(20(3,4)5)7-8-15(13)27-16/h6,11-12,14H,1,7-10H2,2-5H3,(H2,21,25). The first kappa shape index (κ1) is 20.1. The average molecular weight is 405 g/mol. The van der Waals surface area contributed by atoms with E-state index >= 15 is 0 Å². The van der Waals surface area contributed by atoms with Crippen LogP contribution in [0.25, 0.3) is 10.7 Å². The van der Waals surface area contributed by atoms with Gasteiger partial charge in [0.05, 0.1) is 10.1 Å². The summed E-state index contributed by atoms with van der Waals surface area (Å²) in [6.45, 7) is 13.2. The fourth-order valence-electron chi connectivity index (χ4n) is 3.44. The number of primary amides is 1. The molecule has 0 radical (unpaired) electrons. The monoisotopic (exact) mass is 404 g/mol. The van der Waals surface area contributed by atoms with Crippen LogP contribution in [0.15, 0.2) is 23.9 Å². The number of aromatic nitrogens is 3. The van der Waals surface area contributed by atoms with E-state index in [2.05, 4.69) is 43.6 Å². The number of amides is 1. The molecule has 2 heterocycles. The minimum absolute atomic E-state index is 0.331. The van der Waals surface area contributed by atoms with Crippen LogP contribution in [0.1, 0.15) is 44.6 Å². The Balaban J connectivity index is 1.91. The molecule has 2 aromatic rings. The van der Waals surface area contributed by atoms with Gasteiger partial charge in [0, 0.05) is 11.4 Å². The molecule has 0 saturated heterocycles. The van der Waals surface area contributed by atoms with Crippen LogP contribution in [0.5, 0.6) is 0 Å². The molecule has 2 atom stereocenters. The van der Waals surface area contributed by atoms with Gasteiger partial charge < -0.3 is 5.73 Å².